The van der Waals surface area contributed by atoms with Crippen molar-refractivity contribution in [1.29, 1.82) is 0 Å². The summed E-state index contributed by atoms with van der Waals surface area (Å²) < 4.78 is 5.73. The predicted molar refractivity (Wildman–Crippen MR) is 67.0 cm³/mol. The van der Waals surface area contributed by atoms with E-state index >= 15 is 0 Å². The van der Waals surface area contributed by atoms with Gasteiger partial charge in [-0.05, 0) is 51.9 Å². The molecule has 2 aliphatic rings. The lowest BCUT2D eigenvalue weighted by Gasteiger charge is -2.31. The first-order valence-electron chi connectivity index (χ1n) is 6.75. The molecule has 86 valence electrons. The SMILES string of the molecule is CC(C)[CH2][Al]([N]1CCCC1)[N]1CCCC1. The van der Waals surface area contributed by atoms with E-state index < -0.39 is 14.6 Å². The summed E-state index contributed by atoms with van der Waals surface area (Å²) in [4.78, 5) is 0. The highest BCUT2D eigenvalue weighted by Gasteiger charge is 2.37. The quantitative estimate of drug-likeness (QED) is 0.676. The van der Waals surface area contributed by atoms with Gasteiger partial charge in [0.2, 0.25) is 0 Å². The Kier molecular flexibility index (Phi) is 4.52. The van der Waals surface area contributed by atoms with Crippen molar-refractivity contribution in [2.75, 3.05) is 26.2 Å². The molecule has 2 saturated heterocycles. The third kappa shape index (κ3) is 3.20. The van der Waals surface area contributed by atoms with E-state index in [-0.39, 0.29) is 0 Å². The van der Waals surface area contributed by atoms with Crippen LogP contribution in [0.25, 0.3) is 0 Å². The standard InChI is InChI=1S/2C4H8N.C4H9.Al/c2*1-2-4-5-3-1;1-4(2)3;/h2*1-4H2;4H,1H2,2-3H3;/q2*-1;;+2. The van der Waals surface area contributed by atoms with Crippen LogP contribution in [0.2, 0.25) is 5.28 Å². The molecule has 0 N–H and O–H groups in total. The van der Waals surface area contributed by atoms with Crippen LogP contribution < -0.4 is 0 Å². The molecule has 2 aliphatic heterocycles. The van der Waals surface area contributed by atoms with Gasteiger partial charge in [0.25, 0.3) is 0 Å². The summed E-state index contributed by atoms with van der Waals surface area (Å²) in [7, 11) is 0. The lowest BCUT2D eigenvalue weighted by atomic mass is 10.3. The normalized spacial score (nSPS) is 24.2. The molecule has 0 spiro atoms. The van der Waals surface area contributed by atoms with Gasteiger partial charge in [0, 0.05) is 0 Å². The van der Waals surface area contributed by atoms with E-state index in [4.69, 9.17) is 0 Å². The van der Waals surface area contributed by atoms with Crippen molar-refractivity contribution >= 4 is 14.6 Å². The molecule has 0 radical (unpaired) electrons. The first-order valence-corrected chi connectivity index (χ1v) is 8.60. The summed E-state index contributed by atoms with van der Waals surface area (Å²) in [6.07, 6.45) is 5.82. The smallest absolute Gasteiger partial charge is 0.371 e. The average molecular weight is 224 g/mol. The van der Waals surface area contributed by atoms with Gasteiger partial charge in [-0.15, -0.1) is 0 Å². The Bertz CT molecular complexity index is 168. The van der Waals surface area contributed by atoms with Gasteiger partial charge in [0.1, 0.15) is 0 Å². The molecule has 2 nitrogen and oxygen atoms in total. The van der Waals surface area contributed by atoms with Crippen molar-refractivity contribution in [3.63, 3.8) is 0 Å². The summed E-state index contributed by atoms with van der Waals surface area (Å²) in [6, 6.07) is 0. The van der Waals surface area contributed by atoms with Gasteiger partial charge >= 0.3 is 14.6 Å². The topological polar surface area (TPSA) is 6.48 Å². The molecule has 15 heavy (non-hydrogen) atoms. The third-order valence-electron chi connectivity index (χ3n) is 3.81. The lowest BCUT2D eigenvalue weighted by molar-refractivity contribution is 0.413. The highest BCUT2D eigenvalue weighted by molar-refractivity contribution is 6.52. The number of hydrogen-bond acceptors (Lipinski definition) is 2. The van der Waals surface area contributed by atoms with E-state index in [1.54, 1.807) is 0 Å². The zero-order valence-corrected chi connectivity index (χ0v) is 11.6. The van der Waals surface area contributed by atoms with E-state index in [0.717, 1.165) is 5.92 Å². The Balaban J connectivity index is 1.94. The molecule has 3 heteroatoms. The van der Waals surface area contributed by atoms with Crippen LogP contribution in [0.5, 0.6) is 0 Å². The molecular formula is C12H25AlN2. The Morgan fingerprint density at radius 2 is 1.27 bits per heavy atom. The second-order valence-electron chi connectivity index (χ2n) is 5.60. The summed E-state index contributed by atoms with van der Waals surface area (Å²) in [6.45, 7) is 10.4. The summed E-state index contributed by atoms with van der Waals surface area (Å²) >= 11 is -0.730. The second-order valence-corrected chi connectivity index (χ2v) is 8.49. The van der Waals surface area contributed by atoms with Crippen LogP contribution in [0.3, 0.4) is 0 Å². The summed E-state index contributed by atoms with van der Waals surface area (Å²) in [5.41, 5.74) is 0. The van der Waals surface area contributed by atoms with E-state index in [9.17, 15) is 0 Å². The van der Waals surface area contributed by atoms with E-state index in [0.29, 0.717) is 0 Å². The van der Waals surface area contributed by atoms with Crippen molar-refractivity contribution in [3.8, 4) is 0 Å². The van der Waals surface area contributed by atoms with Gasteiger partial charge in [-0.2, -0.15) is 0 Å². The number of rotatable bonds is 4. The van der Waals surface area contributed by atoms with Crippen LogP contribution in [0.15, 0.2) is 0 Å². The highest BCUT2D eigenvalue weighted by Crippen LogP contribution is 2.21. The molecule has 0 aromatic rings. The molecule has 0 aromatic heterocycles. The maximum Gasteiger partial charge on any atom is 0.488 e. The molecule has 0 amide bonds. The first kappa shape index (κ1) is 11.9. The molecule has 0 aliphatic carbocycles. The van der Waals surface area contributed by atoms with E-state index in [2.05, 4.69) is 21.6 Å². The highest BCUT2D eigenvalue weighted by atomic mass is 27.2. The van der Waals surface area contributed by atoms with Gasteiger partial charge in [0.05, 0.1) is 0 Å². The van der Waals surface area contributed by atoms with Crippen LogP contribution >= 0.6 is 0 Å². The third-order valence-corrected chi connectivity index (χ3v) is 7.89. The van der Waals surface area contributed by atoms with Gasteiger partial charge in [-0.1, -0.05) is 25.0 Å². The maximum absolute atomic E-state index is 2.87. The Morgan fingerprint density at radius 3 is 1.60 bits per heavy atom. The van der Waals surface area contributed by atoms with Gasteiger partial charge in [-0.25, -0.2) is 0 Å². The fourth-order valence-electron chi connectivity index (χ4n) is 3.03. The summed E-state index contributed by atoms with van der Waals surface area (Å²) in [5.74, 6) is 0.892. The van der Waals surface area contributed by atoms with Gasteiger partial charge in [0.15, 0.2) is 0 Å². The monoisotopic (exact) mass is 224 g/mol. The molecule has 0 unspecified atom stereocenters. The van der Waals surface area contributed by atoms with Crippen LogP contribution in [0.4, 0.5) is 0 Å². The van der Waals surface area contributed by atoms with Crippen LogP contribution in [0, 0.1) is 5.92 Å². The Labute approximate surface area is 99.4 Å². The molecule has 0 aromatic carbocycles. The van der Waals surface area contributed by atoms with Crippen molar-refractivity contribution in [2.24, 2.45) is 5.92 Å². The zero-order valence-electron chi connectivity index (χ0n) is 10.4. The van der Waals surface area contributed by atoms with Gasteiger partial charge in [-0.3, -0.25) is 0 Å². The summed E-state index contributed by atoms with van der Waals surface area (Å²) in [5, 5.41) is 1.50. The van der Waals surface area contributed by atoms with Crippen molar-refractivity contribution in [3.05, 3.63) is 0 Å². The fraction of sp³-hybridized carbons (Fsp3) is 1.00. The van der Waals surface area contributed by atoms with Crippen LogP contribution in [-0.4, -0.2) is 48.5 Å². The number of hydrogen-bond donors (Lipinski definition) is 0. The molecule has 0 atom stereocenters. The zero-order chi connectivity index (χ0) is 10.7. The first-order chi connectivity index (χ1) is 7.27. The Morgan fingerprint density at radius 1 is 0.867 bits per heavy atom. The van der Waals surface area contributed by atoms with Crippen molar-refractivity contribution in [2.45, 2.75) is 44.8 Å². The predicted octanol–water partition coefficient (Wildman–Crippen LogP) is 2.32. The largest absolute Gasteiger partial charge is 0.488 e. The molecule has 0 bridgehead atoms. The van der Waals surface area contributed by atoms with Crippen LogP contribution in [-0.2, 0) is 0 Å². The molecule has 2 fully saturated rings. The molecular weight excluding hydrogens is 199 g/mol. The van der Waals surface area contributed by atoms with Crippen molar-refractivity contribution < 1.29 is 0 Å². The molecule has 0 saturated carbocycles. The van der Waals surface area contributed by atoms with E-state index in [1.807, 2.05) is 0 Å². The minimum absolute atomic E-state index is 0.730. The van der Waals surface area contributed by atoms with Gasteiger partial charge < -0.3 is 7.77 Å². The second kappa shape index (κ2) is 5.68. The number of nitrogens with zero attached hydrogens (tertiary/aromatic N) is 2. The van der Waals surface area contributed by atoms with E-state index in [1.165, 1.54) is 57.1 Å². The minimum atomic E-state index is -0.730. The molecule has 2 rings (SSSR count). The fourth-order valence-corrected chi connectivity index (χ4v) is 6.85. The lowest BCUT2D eigenvalue weighted by Crippen LogP contribution is -2.51. The van der Waals surface area contributed by atoms with Crippen LogP contribution in [0.1, 0.15) is 39.5 Å². The molecule has 2 heterocycles. The Hall–Kier alpha value is 0.452. The van der Waals surface area contributed by atoms with Crippen molar-refractivity contribution in [1.82, 2.24) is 7.77 Å². The maximum atomic E-state index is 2.87. The minimum Gasteiger partial charge on any atom is -0.371 e. The average Bonchev–Trinajstić information content (AvgIpc) is 2.87.